The number of halogens is 1. The molecule has 0 fully saturated rings. The van der Waals surface area contributed by atoms with Crippen LogP contribution in [0.3, 0.4) is 0 Å². The summed E-state index contributed by atoms with van der Waals surface area (Å²) in [7, 11) is 0. The highest BCUT2D eigenvalue weighted by Crippen LogP contribution is 2.19. The number of H-pyrrole nitrogens is 1. The van der Waals surface area contributed by atoms with E-state index in [0.29, 0.717) is 28.0 Å². The van der Waals surface area contributed by atoms with Crippen molar-refractivity contribution >= 4 is 16.9 Å². The quantitative estimate of drug-likeness (QED) is 0.757. The van der Waals surface area contributed by atoms with Crippen LogP contribution in [0.2, 0.25) is 0 Å². The van der Waals surface area contributed by atoms with E-state index in [1.54, 1.807) is 27.7 Å². The Kier molecular flexibility index (Phi) is 4.54. The number of hydrogen-bond donors (Lipinski definition) is 2. The van der Waals surface area contributed by atoms with Crippen molar-refractivity contribution in [3.63, 3.8) is 0 Å². The first-order chi connectivity index (χ1) is 12.3. The van der Waals surface area contributed by atoms with Crippen LogP contribution in [0.4, 0.5) is 4.39 Å². The van der Waals surface area contributed by atoms with Crippen LogP contribution in [0.1, 0.15) is 38.6 Å². The Morgan fingerprint density at radius 3 is 2.50 bits per heavy atom. The molecule has 0 unspecified atom stereocenters. The number of aryl methyl sites for hydroxylation is 4. The summed E-state index contributed by atoms with van der Waals surface area (Å²) in [5.74, 6) is -1.07. The normalized spacial score (nSPS) is 11.0. The van der Waals surface area contributed by atoms with Crippen LogP contribution in [0.25, 0.3) is 11.0 Å². The lowest BCUT2D eigenvalue weighted by molar-refractivity contribution is 0.0952. The van der Waals surface area contributed by atoms with Gasteiger partial charge < -0.3 is 10.3 Å². The Balaban J connectivity index is 1.96. The highest BCUT2D eigenvalue weighted by molar-refractivity contribution is 6.04. The lowest BCUT2D eigenvalue weighted by Gasteiger charge is -2.10. The van der Waals surface area contributed by atoms with Gasteiger partial charge in [0, 0.05) is 23.9 Å². The largest absolute Gasteiger partial charge is 0.348 e. The van der Waals surface area contributed by atoms with Crippen molar-refractivity contribution in [1.29, 1.82) is 0 Å². The molecule has 7 heteroatoms. The van der Waals surface area contributed by atoms with E-state index in [9.17, 15) is 14.0 Å². The number of aromatic nitrogens is 3. The maximum atomic E-state index is 13.9. The Hall–Kier alpha value is -3.09. The number of aromatic amines is 1. The van der Waals surface area contributed by atoms with Gasteiger partial charge in [0.1, 0.15) is 11.3 Å². The predicted octanol–water partition coefficient (Wildman–Crippen LogP) is 2.62. The minimum atomic E-state index is -0.565. The first kappa shape index (κ1) is 17.7. The topological polar surface area (TPSA) is 87.7 Å². The minimum Gasteiger partial charge on any atom is -0.348 e. The lowest BCUT2D eigenvalue weighted by atomic mass is 10.1. The van der Waals surface area contributed by atoms with Gasteiger partial charge in [-0.3, -0.25) is 9.59 Å². The van der Waals surface area contributed by atoms with Crippen LogP contribution >= 0.6 is 0 Å². The fraction of sp³-hybridized carbons (Fsp3) is 0.263. The van der Waals surface area contributed by atoms with Gasteiger partial charge in [-0.05, 0) is 45.4 Å². The molecule has 3 aromatic rings. The molecular weight excluding hydrogens is 335 g/mol. The maximum absolute atomic E-state index is 13.9. The zero-order valence-corrected chi connectivity index (χ0v) is 15.0. The van der Waals surface area contributed by atoms with E-state index in [0.717, 1.165) is 17.3 Å². The Morgan fingerprint density at radius 2 is 1.81 bits per heavy atom. The summed E-state index contributed by atoms with van der Waals surface area (Å²) in [5.41, 5.74) is 3.84. The molecule has 0 saturated carbocycles. The van der Waals surface area contributed by atoms with E-state index in [1.807, 2.05) is 6.07 Å². The highest BCUT2D eigenvalue weighted by atomic mass is 19.1. The van der Waals surface area contributed by atoms with Crippen molar-refractivity contribution in [2.45, 2.75) is 34.2 Å². The Morgan fingerprint density at radius 1 is 1.12 bits per heavy atom. The lowest BCUT2D eigenvalue weighted by Crippen LogP contribution is -2.28. The van der Waals surface area contributed by atoms with Crippen molar-refractivity contribution in [3.8, 4) is 0 Å². The molecule has 1 amide bonds. The van der Waals surface area contributed by atoms with E-state index >= 15 is 0 Å². The molecule has 26 heavy (non-hydrogen) atoms. The Labute approximate surface area is 149 Å². The van der Waals surface area contributed by atoms with Crippen LogP contribution in [0.5, 0.6) is 0 Å². The molecular formula is C19H19FN4O2. The molecule has 0 aliphatic heterocycles. The Bertz CT molecular complexity index is 1090. The summed E-state index contributed by atoms with van der Waals surface area (Å²) in [4.78, 5) is 36.1. The molecule has 2 heterocycles. The zero-order valence-electron chi connectivity index (χ0n) is 15.0. The highest BCUT2D eigenvalue weighted by Gasteiger charge is 2.16. The second kappa shape index (κ2) is 6.67. The SMILES string of the molecule is Cc1cc(C)c(CNC(=O)c2cc(F)cc3nc(C)c(C)nc23)c(=O)[nH]1. The summed E-state index contributed by atoms with van der Waals surface area (Å²) < 4.78 is 13.9. The van der Waals surface area contributed by atoms with Crippen molar-refractivity contribution in [2.24, 2.45) is 0 Å². The average Bonchev–Trinajstić information content (AvgIpc) is 2.54. The van der Waals surface area contributed by atoms with E-state index < -0.39 is 11.7 Å². The van der Waals surface area contributed by atoms with Gasteiger partial charge in [-0.15, -0.1) is 0 Å². The fourth-order valence-corrected chi connectivity index (χ4v) is 2.84. The summed E-state index contributed by atoms with van der Waals surface area (Å²) in [5, 5.41) is 2.68. The molecule has 2 N–H and O–H groups in total. The molecule has 0 radical (unpaired) electrons. The summed E-state index contributed by atoms with van der Waals surface area (Å²) in [6.07, 6.45) is 0. The van der Waals surface area contributed by atoms with Crippen LogP contribution in [-0.4, -0.2) is 20.9 Å². The molecule has 3 rings (SSSR count). The second-order valence-electron chi connectivity index (χ2n) is 6.34. The molecule has 0 spiro atoms. The van der Waals surface area contributed by atoms with E-state index in [1.165, 1.54) is 6.07 Å². The van der Waals surface area contributed by atoms with E-state index in [2.05, 4.69) is 20.3 Å². The summed E-state index contributed by atoms with van der Waals surface area (Å²) in [6, 6.07) is 4.21. The number of benzene rings is 1. The maximum Gasteiger partial charge on any atom is 0.253 e. The molecule has 2 aromatic heterocycles. The van der Waals surface area contributed by atoms with Gasteiger partial charge in [-0.25, -0.2) is 14.4 Å². The van der Waals surface area contributed by atoms with E-state index in [4.69, 9.17) is 0 Å². The van der Waals surface area contributed by atoms with Crippen LogP contribution in [0, 0.1) is 33.5 Å². The number of hydrogen-bond acceptors (Lipinski definition) is 4. The van der Waals surface area contributed by atoms with Crippen LogP contribution in [0.15, 0.2) is 23.0 Å². The molecule has 0 bridgehead atoms. The molecule has 0 aliphatic carbocycles. The van der Waals surface area contributed by atoms with Gasteiger partial charge in [0.25, 0.3) is 11.5 Å². The summed E-state index contributed by atoms with van der Waals surface area (Å²) in [6.45, 7) is 7.19. The molecule has 0 saturated heterocycles. The number of fused-ring (bicyclic) bond motifs is 1. The number of carbonyl (C=O) groups is 1. The van der Waals surface area contributed by atoms with Gasteiger partial charge in [0.05, 0.1) is 22.5 Å². The molecule has 1 aromatic carbocycles. The second-order valence-corrected chi connectivity index (χ2v) is 6.34. The number of carbonyl (C=O) groups excluding carboxylic acids is 1. The molecule has 0 aliphatic rings. The van der Waals surface area contributed by atoms with Crippen LogP contribution in [-0.2, 0) is 6.54 Å². The number of pyridine rings is 1. The average molecular weight is 354 g/mol. The van der Waals surface area contributed by atoms with Crippen molar-refractivity contribution in [1.82, 2.24) is 20.3 Å². The van der Waals surface area contributed by atoms with Gasteiger partial charge >= 0.3 is 0 Å². The third-order valence-electron chi connectivity index (χ3n) is 4.31. The molecule has 0 atom stereocenters. The number of amides is 1. The molecule has 6 nitrogen and oxygen atoms in total. The minimum absolute atomic E-state index is 0.0383. The monoisotopic (exact) mass is 354 g/mol. The van der Waals surface area contributed by atoms with Gasteiger partial charge in [-0.2, -0.15) is 0 Å². The smallest absolute Gasteiger partial charge is 0.253 e. The first-order valence-corrected chi connectivity index (χ1v) is 8.18. The number of nitrogens with one attached hydrogen (secondary N) is 2. The third-order valence-corrected chi connectivity index (χ3v) is 4.31. The van der Waals surface area contributed by atoms with Crippen LogP contribution < -0.4 is 10.9 Å². The van der Waals surface area contributed by atoms with E-state index in [-0.39, 0.29) is 17.7 Å². The fourth-order valence-electron chi connectivity index (χ4n) is 2.84. The predicted molar refractivity (Wildman–Crippen MR) is 96.7 cm³/mol. The third kappa shape index (κ3) is 3.33. The van der Waals surface area contributed by atoms with Crippen molar-refractivity contribution in [3.05, 3.63) is 68.1 Å². The number of nitrogens with zero attached hydrogens (tertiary/aromatic N) is 2. The number of rotatable bonds is 3. The standard InChI is InChI=1S/C19H19FN4O2/c1-9-5-10(2)22-19(26)15(9)8-21-18(25)14-6-13(20)7-16-17(14)24-12(4)11(3)23-16/h5-7H,8H2,1-4H3,(H,21,25)(H,22,26). The first-order valence-electron chi connectivity index (χ1n) is 8.18. The van der Waals surface area contributed by atoms with Crippen molar-refractivity contribution < 1.29 is 9.18 Å². The van der Waals surface area contributed by atoms with Gasteiger partial charge in [0.2, 0.25) is 0 Å². The van der Waals surface area contributed by atoms with Crippen molar-refractivity contribution in [2.75, 3.05) is 0 Å². The zero-order chi connectivity index (χ0) is 19.0. The van der Waals surface area contributed by atoms with Gasteiger partial charge in [-0.1, -0.05) is 0 Å². The molecule has 134 valence electrons. The summed E-state index contributed by atoms with van der Waals surface area (Å²) >= 11 is 0. The van der Waals surface area contributed by atoms with Gasteiger partial charge in [0.15, 0.2) is 0 Å².